The van der Waals surface area contributed by atoms with Crippen LogP contribution in [0.3, 0.4) is 0 Å². The lowest BCUT2D eigenvalue weighted by Gasteiger charge is -2.13. The summed E-state index contributed by atoms with van der Waals surface area (Å²) >= 11 is 0. The minimum absolute atomic E-state index is 0.719. The lowest BCUT2D eigenvalue weighted by molar-refractivity contribution is 0.410. The predicted octanol–water partition coefficient (Wildman–Crippen LogP) is 3.33. The first-order valence-corrected chi connectivity index (χ1v) is 6.03. The van der Waals surface area contributed by atoms with E-state index in [4.69, 9.17) is 22.3 Å². The maximum Gasteiger partial charge on any atom is 0.126 e. The Kier molecular flexibility index (Phi) is 3.99. The molecule has 0 aliphatic rings. The third-order valence-electron chi connectivity index (χ3n) is 3.02. The van der Waals surface area contributed by atoms with Crippen molar-refractivity contribution in [2.45, 2.75) is 0 Å². The summed E-state index contributed by atoms with van der Waals surface area (Å²) in [7, 11) is 3.23. The molecule has 0 unspecified atom stereocenters. The van der Waals surface area contributed by atoms with E-state index >= 15 is 0 Å². The largest absolute Gasteiger partial charge is 0.496 e. The molecule has 0 saturated carbocycles. The second kappa shape index (κ2) is 5.87. The van der Waals surface area contributed by atoms with Crippen LogP contribution in [0.4, 0.5) is 0 Å². The molecule has 20 heavy (non-hydrogen) atoms. The van der Waals surface area contributed by atoms with Gasteiger partial charge < -0.3 is 9.47 Å². The Bertz CT molecular complexity index is 652. The third kappa shape index (κ3) is 2.46. The zero-order valence-electron chi connectivity index (χ0n) is 11.4. The van der Waals surface area contributed by atoms with E-state index in [0.717, 1.165) is 33.8 Å². The molecule has 2 rings (SSSR count). The van der Waals surface area contributed by atoms with Gasteiger partial charge in [0.1, 0.15) is 11.5 Å². The van der Waals surface area contributed by atoms with Gasteiger partial charge in [0.2, 0.25) is 0 Å². The smallest absolute Gasteiger partial charge is 0.126 e. The van der Waals surface area contributed by atoms with Crippen LogP contribution >= 0.6 is 0 Å². The van der Waals surface area contributed by atoms with Gasteiger partial charge in [-0.25, -0.2) is 0 Å². The van der Waals surface area contributed by atoms with Crippen LogP contribution in [0.5, 0.6) is 11.5 Å². The van der Waals surface area contributed by atoms with E-state index in [9.17, 15) is 0 Å². The average molecular weight is 262 g/mol. The standard InChI is InChI=1S/C18H14O2/c1-5-13-7-9-17(19-3)15(11-13)16-12-14(6-2)8-10-18(16)20-4/h1-2,7-12H,3-4H3. The van der Waals surface area contributed by atoms with Crippen molar-refractivity contribution in [3.05, 3.63) is 47.5 Å². The Morgan fingerprint density at radius 3 is 1.45 bits per heavy atom. The molecule has 0 saturated heterocycles. The van der Waals surface area contributed by atoms with Gasteiger partial charge >= 0.3 is 0 Å². The summed E-state index contributed by atoms with van der Waals surface area (Å²) in [5.74, 6) is 6.67. The molecule has 0 radical (unpaired) electrons. The van der Waals surface area contributed by atoms with E-state index in [1.54, 1.807) is 14.2 Å². The van der Waals surface area contributed by atoms with Crippen molar-refractivity contribution in [1.29, 1.82) is 0 Å². The highest BCUT2D eigenvalue weighted by atomic mass is 16.5. The fourth-order valence-electron chi connectivity index (χ4n) is 2.02. The molecule has 2 heteroatoms. The Hall–Kier alpha value is -2.84. The van der Waals surface area contributed by atoms with Crippen molar-refractivity contribution in [3.8, 4) is 47.3 Å². The maximum absolute atomic E-state index is 5.46. The second-order valence-corrected chi connectivity index (χ2v) is 4.12. The summed E-state index contributed by atoms with van der Waals surface area (Å²) in [4.78, 5) is 0. The lowest BCUT2D eigenvalue weighted by atomic mass is 9.99. The Morgan fingerprint density at radius 1 is 0.750 bits per heavy atom. The molecule has 0 fully saturated rings. The van der Waals surface area contributed by atoms with E-state index in [1.807, 2.05) is 36.4 Å². The maximum atomic E-state index is 5.46. The summed E-state index contributed by atoms with van der Waals surface area (Å²) in [5, 5.41) is 0. The SMILES string of the molecule is C#Cc1ccc(OC)c(-c2cc(C#C)ccc2OC)c1. The molecule has 0 aliphatic carbocycles. The minimum Gasteiger partial charge on any atom is -0.496 e. The van der Waals surface area contributed by atoms with Gasteiger partial charge in [0.05, 0.1) is 14.2 Å². The molecule has 0 heterocycles. The molecule has 0 atom stereocenters. The van der Waals surface area contributed by atoms with Gasteiger partial charge in [-0.15, -0.1) is 12.8 Å². The van der Waals surface area contributed by atoms with Gasteiger partial charge in [0, 0.05) is 22.3 Å². The van der Waals surface area contributed by atoms with Crippen molar-refractivity contribution in [2.24, 2.45) is 0 Å². The van der Waals surface area contributed by atoms with Crippen LogP contribution in [0.2, 0.25) is 0 Å². The van der Waals surface area contributed by atoms with Crippen molar-refractivity contribution >= 4 is 0 Å². The molecule has 0 N–H and O–H groups in total. The second-order valence-electron chi connectivity index (χ2n) is 4.12. The molecule has 98 valence electrons. The number of hydrogen-bond donors (Lipinski definition) is 0. The van der Waals surface area contributed by atoms with E-state index in [-0.39, 0.29) is 0 Å². The molecular formula is C18H14O2. The molecule has 0 aliphatic heterocycles. The molecule has 2 nitrogen and oxygen atoms in total. The van der Waals surface area contributed by atoms with Crippen LogP contribution in [0.15, 0.2) is 36.4 Å². The summed E-state index contributed by atoms with van der Waals surface area (Å²) in [6, 6.07) is 11.1. The van der Waals surface area contributed by atoms with E-state index < -0.39 is 0 Å². The Balaban J connectivity index is 2.72. The normalized spacial score (nSPS) is 9.40. The Morgan fingerprint density at radius 2 is 1.15 bits per heavy atom. The summed E-state index contributed by atoms with van der Waals surface area (Å²) < 4.78 is 10.8. The molecule has 0 aromatic heterocycles. The first-order chi connectivity index (χ1) is 9.73. The Labute approximate surface area is 119 Å². The number of benzene rings is 2. The predicted molar refractivity (Wildman–Crippen MR) is 80.9 cm³/mol. The number of ether oxygens (including phenoxy) is 2. The highest BCUT2D eigenvalue weighted by Crippen LogP contribution is 2.37. The summed E-state index contributed by atoms with van der Waals surface area (Å²) in [6.45, 7) is 0. The molecule has 0 amide bonds. The van der Waals surface area contributed by atoms with Crippen LogP contribution in [0.25, 0.3) is 11.1 Å². The van der Waals surface area contributed by atoms with E-state index in [1.165, 1.54) is 0 Å². The monoisotopic (exact) mass is 262 g/mol. The average Bonchev–Trinajstić information content (AvgIpc) is 2.53. The molecule has 0 spiro atoms. The first-order valence-electron chi connectivity index (χ1n) is 6.03. The molecule has 0 bridgehead atoms. The summed E-state index contributed by atoms with van der Waals surface area (Å²) in [6.07, 6.45) is 10.9. The van der Waals surface area contributed by atoms with Crippen LogP contribution in [0.1, 0.15) is 11.1 Å². The molecule has 2 aromatic rings. The number of terminal acetylenes is 2. The number of hydrogen-bond acceptors (Lipinski definition) is 2. The third-order valence-corrected chi connectivity index (χ3v) is 3.02. The van der Waals surface area contributed by atoms with Crippen molar-refractivity contribution in [3.63, 3.8) is 0 Å². The van der Waals surface area contributed by atoms with E-state index in [2.05, 4.69) is 11.8 Å². The number of methoxy groups -OCH3 is 2. The van der Waals surface area contributed by atoms with Crippen molar-refractivity contribution < 1.29 is 9.47 Å². The quantitative estimate of drug-likeness (QED) is 0.790. The van der Waals surface area contributed by atoms with Gasteiger partial charge in [-0.2, -0.15) is 0 Å². The lowest BCUT2D eigenvalue weighted by Crippen LogP contribution is -1.93. The topological polar surface area (TPSA) is 18.5 Å². The van der Waals surface area contributed by atoms with Gasteiger partial charge in [-0.1, -0.05) is 11.8 Å². The highest BCUT2D eigenvalue weighted by molar-refractivity contribution is 5.78. The van der Waals surface area contributed by atoms with E-state index in [0.29, 0.717) is 0 Å². The van der Waals surface area contributed by atoms with Crippen LogP contribution in [-0.2, 0) is 0 Å². The molecular weight excluding hydrogens is 248 g/mol. The van der Waals surface area contributed by atoms with Crippen LogP contribution in [0, 0.1) is 24.7 Å². The van der Waals surface area contributed by atoms with Crippen molar-refractivity contribution in [2.75, 3.05) is 14.2 Å². The van der Waals surface area contributed by atoms with Gasteiger partial charge in [0.25, 0.3) is 0 Å². The molecule has 2 aromatic carbocycles. The van der Waals surface area contributed by atoms with Crippen LogP contribution < -0.4 is 9.47 Å². The van der Waals surface area contributed by atoms with Gasteiger partial charge in [-0.05, 0) is 36.4 Å². The zero-order valence-corrected chi connectivity index (χ0v) is 11.4. The summed E-state index contributed by atoms with van der Waals surface area (Å²) in [5.41, 5.74) is 3.26. The highest BCUT2D eigenvalue weighted by Gasteiger charge is 2.12. The first kappa shape index (κ1) is 13.6. The van der Waals surface area contributed by atoms with Gasteiger partial charge in [-0.3, -0.25) is 0 Å². The minimum atomic E-state index is 0.719. The zero-order chi connectivity index (χ0) is 14.5. The van der Waals surface area contributed by atoms with Crippen molar-refractivity contribution in [1.82, 2.24) is 0 Å². The van der Waals surface area contributed by atoms with Gasteiger partial charge in [0.15, 0.2) is 0 Å². The fourth-order valence-corrected chi connectivity index (χ4v) is 2.02. The fraction of sp³-hybridized carbons (Fsp3) is 0.111. The van der Waals surface area contributed by atoms with Crippen LogP contribution in [-0.4, -0.2) is 14.2 Å². The number of rotatable bonds is 3.